The number of benzene rings is 2. The van der Waals surface area contributed by atoms with Gasteiger partial charge in [-0.15, -0.1) is 11.3 Å². The highest BCUT2D eigenvalue weighted by atomic mass is 32.1. The molecule has 0 amide bonds. The summed E-state index contributed by atoms with van der Waals surface area (Å²) in [6.07, 6.45) is 2.44. The van der Waals surface area contributed by atoms with Crippen molar-refractivity contribution in [1.29, 1.82) is 0 Å². The summed E-state index contributed by atoms with van der Waals surface area (Å²) in [5.41, 5.74) is 4.12. The number of nitrogens with zero attached hydrogens (tertiary/aromatic N) is 3. The van der Waals surface area contributed by atoms with Crippen LogP contribution in [0.2, 0.25) is 0 Å². The molecule has 8 heteroatoms. The monoisotopic (exact) mass is 517 g/mol. The molecule has 1 aliphatic heterocycles. The number of pyridine rings is 1. The molecule has 1 aliphatic rings. The van der Waals surface area contributed by atoms with Crippen LogP contribution in [0.4, 0.5) is 4.39 Å². The average molecular weight is 518 g/mol. The number of rotatable bonds is 5. The molecule has 4 aromatic rings. The lowest BCUT2D eigenvalue weighted by atomic mass is 9.93. The largest absolute Gasteiger partial charge is 0.456 e. The zero-order valence-corrected chi connectivity index (χ0v) is 22.5. The molecule has 0 fully saturated rings. The van der Waals surface area contributed by atoms with Gasteiger partial charge >= 0.3 is 0 Å². The Balaban J connectivity index is 1.75. The third-order valence-electron chi connectivity index (χ3n) is 6.52. The quantitative estimate of drug-likeness (QED) is 0.324. The van der Waals surface area contributed by atoms with Crippen LogP contribution in [0.3, 0.4) is 0 Å². The summed E-state index contributed by atoms with van der Waals surface area (Å²) in [5.74, 6) is 0.786. The molecule has 190 valence electrons. The number of hydrogen-bond acceptors (Lipinski definition) is 6. The van der Waals surface area contributed by atoms with E-state index in [1.54, 1.807) is 45.5 Å². The second-order valence-corrected chi connectivity index (χ2v) is 11.2. The molecule has 0 atom stereocenters. The lowest BCUT2D eigenvalue weighted by Gasteiger charge is -2.22. The number of aliphatic hydroxyl groups is 1. The van der Waals surface area contributed by atoms with Gasteiger partial charge in [0.15, 0.2) is 0 Å². The Morgan fingerprint density at radius 3 is 2.38 bits per heavy atom. The number of halogens is 1. The van der Waals surface area contributed by atoms with Crippen LogP contribution < -0.4 is 10.3 Å². The third-order valence-corrected chi connectivity index (χ3v) is 7.69. The molecule has 0 saturated heterocycles. The first-order valence-corrected chi connectivity index (χ1v) is 12.8. The molecule has 6 nitrogen and oxygen atoms in total. The Labute approximate surface area is 218 Å². The Morgan fingerprint density at radius 2 is 1.76 bits per heavy atom. The van der Waals surface area contributed by atoms with Crippen molar-refractivity contribution in [3.05, 3.63) is 80.3 Å². The Kier molecular flexibility index (Phi) is 6.12. The number of thiophene rings is 1. The SMILES string of the molecule is CC1=NN=C(c2cc3c(-c4cc(C(C)(C)O)ccc4Oc4c(C)cc(F)cc4C)cn(C)c(=O)c3s2)C1. The maximum absolute atomic E-state index is 14.0. The summed E-state index contributed by atoms with van der Waals surface area (Å²) >= 11 is 1.40. The van der Waals surface area contributed by atoms with Crippen LogP contribution in [0.1, 0.15) is 48.8 Å². The van der Waals surface area contributed by atoms with E-state index in [1.165, 1.54) is 23.5 Å². The van der Waals surface area contributed by atoms with E-state index in [-0.39, 0.29) is 11.4 Å². The van der Waals surface area contributed by atoms with Gasteiger partial charge in [0.25, 0.3) is 5.56 Å². The zero-order chi connectivity index (χ0) is 26.6. The molecule has 0 unspecified atom stereocenters. The lowest BCUT2D eigenvalue weighted by molar-refractivity contribution is 0.0786. The van der Waals surface area contributed by atoms with Crippen LogP contribution in [0, 0.1) is 19.7 Å². The third kappa shape index (κ3) is 4.63. The van der Waals surface area contributed by atoms with Gasteiger partial charge in [-0.3, -0.25) is 4.79 Å². The molecule has 0 saturated carbocycles. The van der Waals surface area contributed by atoms with Gasteiger partial charge < -0.3 is 14.4 Å². The molecular weight excluding hydrogens is 489 g/mol. The van der Waals surface area contributed by atoms with Gasteiger partial charge in [-0.1, -0.05) is 6.07 Å². The van der Waals surface area contributed by atoms with Crippen molar-refractivity contribution in [3.8, 4) is 22.6 Å². The highest BCUT2D eigenvalue weighted by Gasteiger charge is 2.23. The van der Waals surface area contributed by atoms with Crippen LogP contribution in [0.5, 0.6) is 11.5 Å². The van der Waals surface area contributed by atoms with Gasteiger partial charge in [0.2, 0.25) is 0 Å². The lowest BCUT2D eigenvalue weighted by Crippen LogP contribution is -2.16. The summed E-state index contributed by atoms with van der Waals surface area (Å²) in [7, 11) is 1.72. The first-order chi connectivity index (χ1) is 17.4. The van der Waals surface area contributed by atoms with Gasteiger partial charge in [0.1, 0.15) is 22.0 Å². The van der Waals surface area contributed by atoms with E-state index in [2.05, 4.69) is 10.2 Å². The molecule has 0 aliphatic carbocycles. The van der Waals surface area contributed by atoms with Crippen molar-refractivity contribution in [2.75, 3.05) is 0 Å². The molecule has 0 spiro atoms. The molecule has 5 rings (SSSR count). The highest BCUT2D eigenvalue weighted by Crippen LogP contribution is 2.42. The smallest absolute Gasteiger partial charge is 0.268 e. The minimum Gasteiger partial charge on any atom is -0.456 e. The van der Waals surface area contributed by atoms with Crippen LogP contribution >= 0.6 is 11.3 Å². The molecule has 1 N–H and O–H groups in total. The Hall–Kier alpha value is -3.62. The van der Waals surface area contributed by atoms with Gasteiger partial charge in [0.05, 0.1) is 16.2 Å². The molecular formula is C29H28FN3O3S. The summed E-state index contributed by atoms with van der Waals surface area (Å²) < 4.78 is 22.5. The second-order valence-electron chi connectivity index (χ2n) is 10.1. The van der Waals surface area contributed by atoms with Crippen molar-refractivity contribution in [2.24, 2.45) is 17.3 Å². The van der Waals surface area contributed by atoms with Crippen molar-refractivity contribution >= 4 is 32.8 Å². The van der Waals surface area contributed by atoms with Crippen LogP contribution in [0.15, 0.2) is 57.6 Å². The molecule has 3 heterocycles. The summed E-state index contributed by atoms with van der Waals surface area (Å²) in [4.78, 5) is 14.0. The number of hydrogen-bond donors (Lipinski definition) is 1. The van der Waals surface area contributed by atoms with E-state index in [1.807, 2.05) is 31.2 Å². The molecule has 0 bridgehead atoms. The number of aryl methyl sites for hydroxylation is 3. The summed E-state index contributed by atoms with van der Waals surface area (Å²) in [6.45, 7) is 8.98. The minimum absolute atomic E-state index is 0.0995. The van der Waals surface area contributed by atoms with Gasteiger partial charge in [-0.05, 0) is 81.6 Å². The van der Waals surface area contributed by atoms with Crippen molar-refractivity contribution < 1.29 is 14.2 Å². The Morgan fingerprint density at radius 1 is 1.05 bits per heavy atom. The fourth-order valence-electron chi connectivity index (χ4n) is 4.56. The van der Waals surface area contributed by atoms with E-state index < -0.39 is 5.60 Å². The van der Waals surface area contributed by atoms with Crippen molar-refractivity contribution in [1.82, 2.24) is 4.57 Å². The first kappa shape index (κ1) is 25.0. The average Bonchev–Trinajstić information content (AvgIpc) is 3.45. The minimum atomic E-state index is -1.10. The zero-order valence-electron chi connectivity index (χ0n) is 21.6. The molecule has 37 heavy (non-hydrogen) atoms. The van der Waals surface area contributed by atoms with E-state index in [0.29, 0.717) is 44.9 Å². The molecule has 0 radical (unpaired) electrons. The van der Waals surface area contributed by atoms with Gasteiger partial charge in [-0.2, -0.15) is 10.2 Å². The number of ether oxygens (including phenoxy) is 1. The van der Waals surface area contributed by atoms with Crippen LogP contribution in [-0.4, -0.2) is 21.1 Å². The van der Waals surface area contributed by atoms with E-state index in [9.17, 15) is 14.3 Å². The summed E-state index contributed by atoms with van der Waals surface area (Å²) in [6, 6.07) is 10.4. The normalized spacial score (nSPS) is 13.7. The van der Waals surface area contributed by atoms with Crippen molar-refractivity contribution in [2.45, 2.75) is 46.6 Å². The van der Waals surface area contributed by atoms with E-state index >= 15 is 0 Å². The molecule has 2 aromatic heterocycles. The Bertz CT molecular complexity index is 1670. The first-order valence-electron chi connectivity index (χ1n) is 12.0. The predicted molar refractivity (Wildman–Crippen MR) is 148 cm³/mol. The molecule has 2 aromatic carbocycles. The standard InChI is InChI=1S/C29H28FN3O3S/c1-15-9-19(30)10-16(2)26(15)36-24-8-7-18(29(4,5)35)12-20(24)22-14-33(6)28(34)27-21(22)13-25(37-27)23-11-17(3)31-32-23/h7-10,12-14,35H,11H2,1-6H3. The van der Waals surface area contributed by atoms with Crippen LogP contribution in [-0.2, 0) is 12.6 Å². The van der Waals surface area contributed by atoms with Gasteiger partial charge in [-0.25, -0.2) is 4.39 Å². The predicted octanol–water partition coefficient (Wildman–Crippen LogP) is 6.61. The van der Waals surface area contributed by atoms with Crippen molar-refractivity contribution in [3.63, 3.8) is 0 Å². The maximum Gasteiger partial charge on any atom is 0.268 e. The number of fused-ring (bicyclic) bond motifs is 1. The second kappa shape index (κ2) is 9.04. The van der Waals surface area contributed by atoms with E-state index in [0.717, 1.165) is 27.3 Å². The van der Waals surface area contributed by atoms with Gasteiger partial charge in [0, 0.05) is 41.9 Å². The fourth-order valence-corrected chi connectivity index (χ4v) is 5.70. The van der Waals surface area contributed by atoms with E-state index in [4.69, 9.17) is 4.74 Å². The fraction of sp³-hybridized carbons (Fsp3) is 0.276. The highest BCUT2D eigenvalue weighted by molar-refractivity contribution is 7.21. The maximum atomic E-state index is 14.0. The van der Waals surface area contributed by atoms with Crippen LogP contribution in [0.25, 0.3) is 21.2 Å². The number of aromatic nitrogens is 1. The topological polar surface area (TPSA) is 76.2 Å². The summed E-state index contributed by atoms with van der Waals surface area (Å²) in [5, 5.41) is 20.0.